The summed E-state index contributed by atoms with van der Waals surface area (Å²) < 4.78 is 1.09. The van der Waals surface area contributed by atoms with Gasteiger partial charge in [-0.2, -0.15) is 0 Å². The van der Waals surface area contributed by atoms with Gasteiger partial charge in [0, 0.05) is 41.4 Å². The van der Waals surface area contributed by atoms with Crippen LogP contribution in [0.3, 0.4) is 0 Å². The van der Waals surface area contributed by atoms with Crippen molar-refractivity contribution in [3.05, 3.63) is 64.1 Å². The summed E-state index contributed by atoms with van der Waals surface area (Å²) in [6, 6.07) is 16.0. The number of carbonyl (C=O) groups is 1. The van der Waals surface area contributed by atoms with Crippen LogP contribution in [0.4, 0.5) is 5.69 Å². The van der Waals surface area contributed by atoms with Crippen LogP contribution in [0.15, 0.2) is 58.0 Å². The second-order valence-corrected chi connectivity index (χ2v) is 7.73. The van der Waals surface area contributed by atoms with Crippen LogP contribution in [0.1, 0.15) is 29.3 Å². The first-order valence-corrected chi connectivity index (χ1v) is 10.3. The zero-order valence-electron chi connectivity index (χ0n) is 16.0. The molecule has 1 heterocycles. The van der Waals surface area contributed by atoms with Crippen molar-refractivity contribution < 1.29 is 4.79 Å². The molecule has 0 bridgehead atoms. The SMILES string of the molecule is CCNC(=NCc1cccc(C(N)=O)c1)NC1CCN(c2ccc(Br)cc2)C1. The summed E-state index contributed by atoms with van der Waals surface area (Å²) in [6.07, 6.45) is 1.05. The van der Waals surface area contributed by atoms with Crippen molar-refractivity contribution in [2.24, 2.45) is 10.7 Å². The summed E-state index contributed by atoms with van der Waals surface area (Å²) in [5.41, 5.74) is 8.05. The Hall–Kier alpha value is -2.54. The number of aliphatic imine (C=N–C) groups is 1. The first kappa shape index (κ1) is 20.2. The number of rotatable bonds is 6. The van der Waals surface area contributed by atoms with Crippen LogP contribution in [0.2, 0.25) is 0 Å². The molecular weight excluding hydrogens is 418 g/mol. The lowest BCUT2D eigenvalue weighted by Gasteiger charge is -2.20. The second-order valence-electron chi connectivity index (χ2n) is 6.81. The fourth-order valence-electron chi connectivity index (χ4n) is 3.27. The summed E-state index contributed by atoms with van der Waals surface area (Å²) >= 11 is 3.48. The highest BCUT2D eigenvalue weighted by Gasteiger charge is 2.23. The molecule has 1 atom stereocenters. The van der Waals surface area contributed by atoms with Crippen molar-refractivity contribution in [3.63, 3.8) is 0 Å². The van der Waals surface area contributed by atoms with Gasteiger partial charge >= 0.3 is 0 Å². The molecule has 2 aromatic rings. The number of nitrogens with two attached hydrogens (primary N) is 1. The van der Waals surface area contributed by atoms with E-state index in [-0.39, 0.29) is 0 Å². The molecule has 0 spiro atoms. The molecule has 1 aliphatic rings. The maximum atomic E-state index is 11.3. The summed E-state index contributed by atoms with van der Waals surface area (Å²) in [5, 5.41) is 6.83. The van der Waals surface area contributed by atoms with Gasteiger partial charge in [0.15, 0.2) is 5.96 Å². The fourth-order valence-corrected chi connectivity index (χ4v) is 3.54. The van der Waals surface area contributed by atoms with E-state index in [1.807, 2.05) is 19.1 Å². The van der Waals surface area contributed by atoms with Crippen molar-refractivity contribution in [2.75, 3.05) is 24.5 Å². The minimum Gasteiger partial charge on any atom is -0.369 e. The summed E-state index contributed by atoms with van der Waals surface area (Å²) in [5.74, 6) is 0.365. The average Bonchev–Trinajstić information content (AvgIpc) is 3.15. The molecule has 1 unspecified atom stereocenters. The minimum atomic E-state index is -0.421. The molecule has 0 radical (unpaired) electrons. The summed E-state index contributed by atoms with van der Waals surface area (Å²) in [6.45, 7) is 5.27. The van der Waals surface area contributed by atoms with Crippen LogP contribution in [0.25, 0.3) is 0 Å². The number of anilines is 1. The molecule has 0 saturated carbocycles. The molecule has 7 heteroatoms. The molecule has 0 aliphatic carbocycles. The normalized spacial score (nSPS) is 16.9. The zero-order chi connectivity index (χ0) is 19.9. The standard InChI is InChI=1S/C21H26BrN5O/c1-2-24-21(25-13-15-4-3-5-16(12-15)20(23)28)26-18-10-11-27(14-18)19-8-6-17(22)7-9-19/h3-9,12,18H,2,10-11,13-14H2,1H3,(H2,23,28)(H2,24,25,26). The van der Waals surface area contributed by atoms with Gasteiger partial charge in [-0.3, -0.25) is 4.79 Å². The number of nitrogens with one attached hydrogen (secondary N) is 2. The van der Waals surface area contributed by atoms with E-state index >= 15 is 0 Å². The quantitative estimate of drug-likeness (QED) is 0.473. The van der Waals surface area contributed by atoms with Gasteiger partial charge in [-0.25, -0.2) is 4.99 Å². The third-order valence-corrected chi connectivity index (χ3v) is 5.23. The van der Waals surface area contributed by atoms with Crippen LogP contribution in [0, 0.1) is 0 Å². The smallest absolute Gasteiger partial charge is 0.248 e. The Bertz CT molecular complexity index is 837. The van der Waals surface area contributed by atoms with E-state index in [2.05, 4.69) is 60.7 Å². The van der Waals surface area contributed by atoms with E-state index in [1.165, 1.54) is 5.69 Å². The number of primary amides is 1. The Balaban J connectivity index is 1.61. The van der Waals surface area contributed by atoms with Gasteiger partial charge in [-0.1, -0.05) is 28.1 Å². The first-order chi connectivity index (χ1) is 13.5. The van der Waals surface area contributed by atoms with Gasteiger partial charge in [0.05, 0.1) is 6.54 Å². The molecule has 1 aliphatic heterocycles. The minimum absolute atomic E-state index is 0.332. The molecule has 1 saturated heterocycles. The Morgan fingerprint density at radius 1 is 1.29 bits per heavy atom. The molecule has 1 fully saturated rings. The van der Waals surface area contributed by atoms with Crippen molar-refractivity contribution in [1.82, 2.24) is 10.6 Å². The number of nitrogens with zero attached hydrogens (tertiary/aromatic N) is 2. The van der Waals surface area contributed by atoms with Gasteiger partial charge < -0.3 is 21.3 Å². The fraction of sp³-hybridized carbons (Fsp3) is 0.333. The predicted octanol–water partition coefficient (Wildman–Crippen LogP) is 2.88. The molecule has 148 valence electrons. The molecule has 0 aromatic heterocycles. The molecular formula is C21H26BrN5O. The lowest BCUT2D eigenvalue weighted by atomic mass is 10.1. The highest BCUT2D eigenvalue weighted by Crippen LogP contribution is 2.22. The lowest BCUT2D eigenvalue weighted by molar-refractivity contribution is 0.1000. The lowest BCUT2D eigenvalue weighted by Crippen LogP contribution is -2.44. The van der Waals surface area contributed by atoms with Crippen molar-refractivity contribution in [3.8, 4) is 0 Å². The molecule has 28 heavy (non-hydrogen) atoms. The first-order valence-electron chi connectivity index (χ1n) is 9.49. The highest BCUT2D eigenvalue weighted by atomic mass is 79.9. The van der Waals surface area contributed by atoms with Crippen molar-refractivity contribution in [1.29, 1.82) is 0 Å². The predicted molar refractivity (Wildman–Crippen MR) is 118 cm³/mol. The molecule has 1 amide bonds. The molecule has 3 rings (SSSR count). The Kier molecular flexibility index (Phi) is 6.92. The Morgan fingerprint density at radius 2 is 2.07 bits per heavy atom. The van der Waals surface area contributed by atoms with E-state index < -0.39 is 5.91 Å². The van der Waals surface area contributed by atoms with E-state index in [1.54, 1.807) is 12.1 Å². The van der Waals surface area contributed by atoms with Crippen molar-refractivity contribution in [2.45, 2.75) is 25.9 Å². The number of hydrogen-bond donors (Lipinski definition) is 3. The number of carbonyl (C=O) groups excluding carboxylic acids is 1. The Morgan fingerprint density at radius 3 is 2.79 bits per heavy atom. The average molecular weight is 444 g/mol. The summed E-state index contributed by atoms with van der Waals surface area (Å²) in [4.78, 5) is 18.4. The van der Waals surface area contributed by atoms with Gasteiger partial charge in [-0.15, -0.1) is 0 Å². The molecule has 2 aromatic carbocycles. The number of guanidine groups is 1. The van der Waals surface area contributed by atoms with Crippen molar-refractivity contribution >= 4 is 33.5 Å². The van der Waals surface area contributed by atoms with Gasteiger partial charge in [0.2, 0.25) is 5.91 Å². The maximum Gasteiger partial charge on any atom is 0.248 e. The van der Waals surface area contributed by atoms with Crippen LogP contribution in [-0.2, 0) is 6.54 Å². The highest BCUT2D eigenvalue weighted by molar-refractivity contribution is 9.10. The second kappa shape index (κ2) is 9.59. The van der Waals surface area contributed by atoms with E-state index in [0.717, 1.165) is 42.1 Å². The number of halogens is 1. The third-order valence-electron chi connectivity index (χ3n) is 4.70. The number of hydrogen-bond acceptors (Lipinski definition) is 3. The number of benzene rings is 2. The van der Waals surface area contributed by atoms with E-state index in [9.17, 15) is 4.79 Å². The maximum absolute atomic E-state index is 11.3. The third kappa shape index (κ3) is 5.48. The van der Waals surface area contributed by atoms with E-state index in [4.69, 9.17) is 5.73 Å². The number of amides is 1. The monoisotopic (exact) mass is 443 g/mol. The van der Waals surface area contributed by atoms with Crippen LogP contribution in [-0.4, -0.2) is 37.5 Å². The zero-order valence-corrected chi connectivity index (χ0v) is 17.6. The Labute approximate surface area is 174 Å². The van der Waals surface area contributed by atoms with Gasteiger partial charge in [0.1, 0.15) is 0 Å². The van der Waals surface area contributed by atoms with Gasteiger partial charge in [-0.05, 0) is 55.3 Å². The van der Waals surface area contributed by atoms with Crippen LogP contribution < -0.4 is 21.3 Å². The van der Waals surface area contributed by atoms with E-state index in [0.29, 0.717) is 18.2 Å². The largest absolute Gasteiger partial charge is 0.369 e. The molecule has 4 N–H and O–H groups in total. The van der Waals surface area contributed by atoms with Gasteiger partial charge in [0.25, 0.3) is 0 Å². The van der Waals surface area contributed by atoms with Crippen LogP contribution >= 0.6 is 15.9 Å². The summed E-state index contributed by atoms with van der Waals surface area (Å²) in [7, 11) is 0. The topological polar surface area (TPSA) is 82.7 Å². The molecule has 6 nitrogen and oxygen atoms in total. The van der Waals surface area contributed by atoms with Crippen LogP contribution in [0.5, 0.6) is 0 Å².